The van der Waals surface area contributed by atoms with Crippen LogP contribution in [0.15, 0.2) is 24.4 Å². The molecule has 0 saturated heterocycles. The lowest BCUT2D eigenvalue weighted by molar-refractivity contribution is 0.625. The SMILES string of the molecule is CCNC(c1cn(C)nc1CC)c1cccc(Cl)c1Cl. The molecule has 1 atom stereocenters. The topological polar surface area (TPSA) is 29.9 Å². The summed E-state index contributed by atoms with van der Waals surface area (Å²) in [5.74, 6) is 0. The Balaban J connectivity index is 2.53. The van der Waals surface area contributed by atoms with Crippen molar-refractivity contribution in [3.05, 3.63) is 51.3 Å². The lowest BCUT2D eigenvalue weighted by atomic mass is 9.98. The minimum Gasteiger partial charge on any atom is -0.306 e. The maximum absolute atomic E-state index is 6.38. The van der Waals surface area contributed by atoms with Gasteiger partial charge in [0.15, 0.2) is 0 Å². The summed E-state index contributed by atoms with van der Waals surface area (Å²) in [6, 6.07) is 5.75. The number of halogens is 2. The minimum atomic E-state index is 0.00912. The average Bonchev–Trinajstić information content (AvgIpc) is 2.80. The molecular weight excluding hydrogens is 293 g/mol. The molecule has 0 aliphatic rings. The van der Waals surface area contributed by atoms with Crippen LogP contribution in [0.4, 0.5) is 0 Å². The molecule has 3 nitrogen and oxygen atoms in total. The second kappa shape index (κ2) is 6.61. The Morgan fingerprint density at radius 1 is 1.25 bits per heavy atom. The van der Waals surface area contributed by atoms with E-state index < -0.39 is 0 Å². The number of aromatic nitrogens is 2. The van der Waals surface area contributed by atoms with E-state index in [9.17, 15) is 0 Å². The molecule has 1 aromatic carbocycles. The van der Waals surface area contributed by atoms with Gasteiger partial charge in [0.2, 0.25) is 0 Å². The molecule has 0 amide bonds. The van der Waals surface area contributed by atoms with E-state index in [0.717, 1.165) is 29.8 Å². The van der Waals surface area contributed by atoms with E-state index in [0.29, 0.717) is 10.0 Å². The molecule has 0 aliphatic carbocycles. The molecule has 0 fully saturated rings. The van der Waals surface area contributed by atoms with Crippen LogP contribution in [0.3, 0.4) is 0 Å². The Bertz CT molecular complexity index is 593. The number of nitrogens with one attached hydrogen (secondary N) is 1. The molecule has 1 unspecified atom stereocenters. The molecule has 0 spiro atoms. The molecule has 20 heavy (non-hydrogen) atoms. The van der Waals surface area contributed by atoms with Crippen LogP contribution in [0.25, 0.3) is 0 Å². The zero-order valence-electron chi connectivity index (χ0n) is 12.0. The quantitative estimate of drug-likeness (QED) is 0.905. The fraction of sp³-hybridized carbons (Fsp3) is 0.400. The van der Waals surface area contributed by atoms with Crippen molar-refractivity contribution in [1.82, 2.24) is 15.1 Å². The highest BCUT2D eigenvalue weighted by Gasteiger charge is 2.21. The molecule has 0 aliphatic heterocycles. The molecule has 1 aromatic heterocycles. The van der Waals surface area contributed by atoms with Gasteiger partial charge in [-0.25, -0.2) is 0 Å². The van der Waals surface area contributed by atoms with E-state index in [-0.39, 0.29) is 6.04 Å². The van der Waals surface area contributed by atoms with Crippen LogP contribution in [0.1, 0.15) is 36.7 Å². The Morgan fingerprint density at radius 3 is 2.65 bits per heavy atom. The number of rotatable bonds is 5. The summed E-state index contributed by atoms with van der Waals surface area (Å²) in [5, 5.41) is 9.17. The van der Waals surface area contributed by atoms with E-state index in [1.54, 1.807) is 6.07 Å². The summed E-state index contributed by atoms with van der Waals surface area (Å²) in [4.78, 5) is 0. The zero-order chi connectivity index (χ0) is 14.7. The highest BCUT2D eigenvalue weighted by atomic mass is 35.5. The lowest BCUT2D eigenvalue weighted by Gasteiger charge is -2.20. The van der Waals surface area contributed by atoms with Crippen molar-refractivity contribution in [2.45, 2.75) is 26.3 Å². The van der Waals surface area contributed by atoms with Crippen molar-refractivity contribution >= 4 is 23.2 Å². The first-order chi connectivity index (χ1) is 9.58. The number of aryl methyl sites for hydroxylation is 2. The van der Waals surface area contributed by atoms with Gasteiger partial charge < -0.3 is 5.32 Å². The summed E-state index contributed by atoms with van der Waals surface area (Å²) in [6.45, 7) is 5.02. The van der Waals surface area contributed by atoms with Crippen molar-refractivity contribution < 1.29 is 0 Å². The van der Waals surface area contributed by atoms with Crippen molar-refractivity contribution in [2.75, 3.05) is 6.54 Å². The second-order valence-corrected chi connectivity index (χ2v) is 5.48. The fourth-order valence-electron chi connectivity index (χ4n) is 2.40. The Hall–Kier alpha value is -1.03. The molecule has 0 bridgehead atoms. The molecule has 0 saturated carbocycles. The number of hydrogen-bond donors (Lipinski definition) is 1. The van der Waals surface area contributed by atoms with Crippen LogP contribution in [0.5, 0.6) is 0 Å². The third-order valence-corrected chi connectivity index (χ3v) is 4.12. The van der Waals surface area contributed by atoms with E-state index in [1.165, 1.54) is 0 Å². The maximum atomic E-state index is 6.38. The predicted octanol–water partition coefficient (Wildman–Crippen LogP) is 3.99. The van der Waals surface area contributed by atoms with Crippen molar-refractivity contribution in [3.8, 4) is 0 Å². The first-order valence-corrected chi connectivity index (χ1v) is 7.53. The summed E-state index contributed by atoms with van der Waals surface area (Å²) in [6.07, 6.45) is 2.93. The fourth-order valence-corrected chi connectivity index (χ4v) is 2.82. The first-order valence-electron chi connectivity index (χ1n) is 6.78. The van der Waals surface area contributed by atoms with Crippen molar-refractivity contribution in [1.29, 1.82) is 0 Å². The van der Waals surface area contributed by atoms with Crippen LogP contribution in [-0.4, -0.2) is 16.3 Å². The molecular formula is C15H19Cl2N3. The Labute approximate surface area is 129 Å². The molecule has 1 N–H and O–H groups in total. The monoisotopic (exact) mass is 311 g/mol. The number of nitrogens with zero attached hydrogens (tertiary/aromatic N) is 2. The number of benzene rings is 1. The van der Waals surface area contributed by atoms with Gasteiger partial charge in [-0.1, -0.05) is 49.2 Å². The second-order valence-electron chi connectivity index (χ2n) is 4.69. The molecule has 5 heteroatoms. The lowest BCUT2D eigenvalue weighted by Crippen LogP contribution is -2.23. The standard InChI is InChI=1S/C15H19Cl2N3/c1-4-13-11(9-20(3)19-13)15(18-5-2)10-7-6-8-12(16)14(10)17/h6-9,15,18H,4-5H2,1-3H3. The molecule has 1 heterocycles. The Kier molecular flexibility index (Phi) is 5.08. The third kappa shape index (κ3) is 3.00. The third-order valence-electron chi connectivity index (χ3n) is 3.28. The maximum Gasteiger partial charge on any atom is 0.0673 e. The van der Waals surface area contributed by atoms with Gasteiger partial charge in [-0.2, -0.15) is 5.10 Å². The van der Waals surface area contributed by atoms with Gasteiger partial charge in [-0.3, -0.25) is 4.68 Å². The van der Waals surface area contributed by atoms with E-state index >= 15 is 0 Å². The van der Waals surface area contributed by atoms with E-state index in [4.69, 9.17) is 23.2 Å². The van der Waals surface area contributed by atoms with Crippen molar-refractivity contribution in [3.63, 3.8) is 0 Å². The van der Waals surface area contributed by atoms with Gasteiger partial charge >= 0.3 is 0 Å². The normalized spacial score (nSPS) is 12.7. The van der Waals surface area contributed by atoms with Gasteiger partial charge in [0, 0.05) is 18.8 Å². The highest BCUT2D eigenvalue weighted by molar-refractivity contribution is 6.42. The highest BCUT2D eigenvalue weighted by Crippen LogP contribution is 2.34. The van der Waals surface area contributed by atoms with Crippen LogP contribution in [-0.2, 0) is 13.5 Å². The largest absolute Gasteiger partial charge is 0.306 e. The summed E-state index contributed by atoms with van der Waals surface area (Å²) < 4.78 is 1.84. The van der Waals surface area contributed by atoms with E-state index in [1.807, 2.05) is 30.1 Å². The molecule has 0 radical (unpaired) electrons. The zero-order valence-corrected chi connectivity index (χ0v) is 13.5. The van der Waals surface area contributed by atoms with Crippen LogP contribution in [0.2, 0.25) is 10.0 Å². The van der Waals surface area contributed by atoms with Gasteiger partial charge in [0.25, 0.3) is 0 Å². The summed E-state index contributed by atoms with van der Waals surface area (Å²) in [7, 11) is 1.94. The molecule has 2 aromatic rings. The van der Waals surface area contributed by atoms with Gasteiger partial charge in [0.05, 0.1) is 21.8 Å². The van der Waals surface area contributed by atoms with Crippen LogP contribution < -0.4 is 5.32 Å². The molecule has 2 rings (SSSR count). The smallest absolute Gasteiger partial charge is 0.0673 e. The first kappa shape index (κ1) is 15.4. The minimum absolute atomic E-state index is 0.00912. The van der Waals surface area contributed by atoms with Crippen LogP contribution in [0, 0.1) is 0 Å². The van der Waals surface area contributed by atoms with Crippen molar-refractivity contribution in [2.24, 2.45) is 7.05 Å². The van der Waals surface area contributed by atoms with Gasteiger partial charge in [-0.05, 0) is 24.6 Å². The van der Waals surface area contributed by atoms with Gasteiger partial charge in [0.1, 0.15) is 0 Å². The summed E-state index contributed by atoms with van der Waals surface area (Å²) in [5.41, 5.74) is 3.22. The van der Waals surface area contributed by atoms with Gasteiger partial charge in [-0.15, -0.1) is 0 Å². The average molecular weight is 312 g/mol. The Morgan fingerprint density at radius 2 is 2.00 bits per heavy atom. The van der Waals surface area contributed by atoms with Crippen LogP contribution >= 0.6 is 23.2 Å². The predicted molar refractivity (Wildman–Crippen MR) is 84.6 cm³/mol. The molecule has 108 valence electrons. The number of hydrogen-bond acceptors (Lipinski definition) is 2. The summed E-state index contributed by atoms with van der Waals surface area (Å²) >= 11 is 12.5. The van der Waals surface area contributed by atoms with E-state index in [2.05, 4.69) is 24.3 Å².